The van der Waals surface area contributed by atoms with Gasteiger partial charge in [-0.25, -0.2) is 0 Å². The molecule has 110 valence electrons. The van der Waals surface area contributed by atoms with Crippen LogP contribution in [0.15, 0.2) is 18.2 Å². The van der Waals surface area contributed by atoms with Gasteiger partial charge in [0.25, 0.3) is 0 Å². The summed E-state index contributed by atoms with van der Waals surface area (Å²) < 4.78 is 5.61. The summed E-state index contributed by atoms with van der Waals surface area (Å²) in [5, 5.41) is 4.12. The van der Waals surface area contributed by atoms with E-state index in [2.05, 4.69) is 5.32 Å². The Balaban J connectivity index is 1.91. The molecule has 20 heavy (non-hydrogen) atoms. The Hall–Kier alpha value is -0.970. The molecule has 0 radical (unpaired) electrons. The van der Waals surface area contributed by atoms with Gasteiger partial charge in [0.2, 0.25) is 5.91 Å². The number of rotatable bonds is 3. The topological polar surface area (TPSA) is 41.6 Å². The van der Waals surface area contributed by atoms with Gasteiger partial charge >= 0.3 is 0 Å². The molecule has 1 aromatic carbocycles. The van der Waals surface area contributed by atoms with E-state index in [1.54, 1.807) is 18.2 Å². The third-order valence-electron chi connectivity index (χ3n) is 3.13. The van der Waals surface area contributed by atoms with E-state index < -0.39 is 0 Å². The van der Waals surface area contributed by atoms with Gasteiger partial charge in [-0.3, -0.25) is 4.79 Å². The second-order valence-electron chi connectivity index (χ2n) is 5.03. The number of morpholine rings is 1. The van der Waals surface area contributed by atoms with E-state index >= 15 is 0 Å². The first-order valence-corrected chi connectivity index (χ1v) is 7.33. The number of ether oxygens (including phenoxy) is 1. The lowest BCUT2D eigenvalue weighted by atomic mass is 10.2. The zero-order valence-electron chi connectivity index (χ0n) is 11.5. The van der Waals surface area contributed by atoms with Crippen molar-refractivity contribution in [1.82, 2.24) is 4.90 Å². The minimum atomic E-state index is 0.0398. The summed E-state index contributed by atoms with van der Waals surface area (Å²) in [6.07, 6.45) is 0.142. The smallest absolute Gasteiger partial charge is 0.242 e. The van der Waals surface area contributed by atoms with E-state index in [0.29, 0.717) is 28.8 Å². The number of hydrogen-bond donors (Lipinski definition) is 1. The van der Waals surface area contributed by atoms with Crippen LogP contribution in [0.1, 0.15) is 13.8 Å². The molecule has 1 aromatic rings. The van der Waals surface area contributed by atoms with Crippen molar-refractivity contribution < 1.29 is 9.53 Å². The average Bonchev–Trinajstić information content (AvgIpc) is 2.36. The molecule has 0 saturated carbocycles. The van der Waals surface area contributed by atoms with Crippen LogP contribution in [0.3, 0.4) is 0 Å². The molecule has 2 unspecified atom stereocenters. The van der Waals surface area contributed by atoms with Crippen molar-refractivity contribution in [3.63, 3.8) is 0 Å². The van der Waals surface area contributed by atoms with Gasteiger partial charge in [-0.05, 0) is 32.0 Å². The van der Waals surface area contributed by atoms with E-state index in [1.165, 1.54) is 0 Å². The molecule has 1 aliphatic heterocycles. The maximum atomic E-state index is 12.2. The summed E-state index contributed by atoms with van der Waals surface area (Å²) in [7, 11) is 0. The third-order valence-corrected chi connectivity index (χ3v) is 3.68. The lowest BCUT2D eigenvalue weighted by Crippen LogP contribution is -2.49. The molecule has 0 aromatic heterocycles. The van der Waals surface area contributed by atoms with Crippen LogP contribution in [0.2, 0.25) is 10.0 Å². The van der Waals surface area contributed by atoms with Crippen molar-refractivity contribution in [1.29, 1.82) is 0 Å². The lowest BCUT2D eigenvalue weighted by molar-refractivity contribution is -0.141. The maximum Gasteiger partial charge on any atom is 0.242 e. The Morgan fingerprint density at radius 1 is 1.35 bits per heavy atom. The van der Waals surface area contributed by atoms with E-state index in [9.17, 15) is 4.79 Å². The summed E-state index contributed by atoms with van der Waals surface area (Å²) in [4.78, 5) is 14.0. The van der Waals surface area contributed by atoms with Crippen molar-refractivity contribution in [2.24, 2.45) is 0 Å². The molecule has 1 saturated heterocycles. The molecule has 0 aliphatic carbocycles. The standard InChI is InChI=1S/C14H18Cl2N2O2/c1-9-7-18(8-10(2)20-9)14(19)6-17-13-4-3-11(15)5-12(13)16/h3-5,9-10,17H,6-8H2,1-2H3. The van der Waals surface area contributed by atoms with E-state index in [-0.39, 0.29) is 24.7 Å². The Labute approximate surface area is 129 Å². The number of benzene rings is 1. The van der Waals surface area contributed by atoms with E-state index in [4.69, 9.17) is 27.9 Å². The molecule has 2 atom stereocenters. The minimum absolute atomic E-state index is 0.0398. The summed E-state index contributed by atoms with van der Waals surface area (Å²) in [5.41, 5.74) is 0.707. The SMILES string of the molecule is CC1CN(C(=O)CNc2ccc(Cl)cc2Cl)CC(C)O1. The summed E-state index contributed by atoms with van der Waals surface area (Å²) >= 11 is 11.9. The molecular weight excluding hydrogens is 299 g/mol. The molecule has 6 heteroatoms. The molecular formula is C14H18Cl2N2O2. The van der Waals surface area contributed by atoms with Crippen LogP contribution < -0.4 is 5.32 Å². The molecule has 0 bridgehead atoms. The summed E-state index contributed by atoms with van der Waals surface area (Å²) in [6, 6.07) is 5.15. The Bertz CT molecular complexity index is 486. The number of nitrogens with one attached hydrogen (secondary N) is 1. The van der Waals surface area contributed by atoms with Gasteiger partial charge in [0, 0.05) is 18.1 Å². The Kier molecular flexibility index (Phi) is 5.13. The molecule has 1 amide bonds. The highest BCUT2D eigenvalue weighted by atomic mass is 35.5. The monoisotopic (exact) mass is 316 g/mol. The fourth-order valence-corrected chi connectivity index (χ4v) is 2.77. The quantitative estimate of drug-likeness (QED) is 0.932. The molecule has 0 spiro atoms. The minimum Gasteiger partial charge on any atom is -0.375 e. The van der Waals surface area contributed by atoms with Crippen molar-refractivity contribution in [2.75, 3.05) is 25.0 Å². The fraction of sp³-hybridized carbons (Fsp3) is 0.500. The average molecular weight is 317 g/mol. The van der Waals surface area contributed by atoms with E-state index in [1.807, 2.05) is 18.7 Å². The fourth-order valence-electron chi connectivity index (χ4n) is 2.30. The zero-order chi connectivity index (χ0) is 14.7. The number of amides is 1. The number of carbonyl (C=O) groups is 1. The number of halogens is 2. The Morgan fingerprint density at radius 3 is 2.60 bits per heavy atom. The first-order chi connectivity index (χ1) is 9.45. The molecule has 1 N–H and O–H groups in total. The van der Waals surface area contributed by atoms with Gasteiger partial charge < -0.3 is 15.0 Å². The van der Waals surface area contributed by atoms with Gasteiger partial charge in [-0.15, -0.1) is 0 Å². The van der Waals surface area contributed by atoms with Crippen LogP contribution >= 0.6 is 23.2 Å². The molecule has 4 nitrogen and oxygen atoms in total. The maximum absolute atomic E-state index is 12.2. The van der Waals surface area contributed by atoms with Crippen LogP contribution in [0.5, 0.6) is 0 Å². The highest BCUT2D eigenvalue weighted by Gasteiger charge is 2.25. The highest BCUT2D eigenvalue weighted by molar-refractivity contribution is 6.36. The second kappa shape index (κ2) is 6.66. The van der Waals surface area contributed by atoms with Crippen molar-refractivity contribution in [3.8, 4) is 0 Å². The number of anilines is 1. The number of hydrogen-bond acceptors (Lipinski definition) is 3. The molecule has 1 aliphatic rings. The van der Waals surface area contributed by atoms with Gasteiger partial charge in [0.15, 0.2) is 0 Å². The first-order valence-electron chi connectivity index (χ1n) is 6.58. The van der Waals surface area contributed by atoms with E-state index in [0.717, 1.165) is 0 Å². The van der Waals surface area contributed by atoms with Crippen LogP contribution in [-0.2, 0) is 9.53 Å². The highest BCUT2D eigenvalue weighted by Crippen LogP contribution is 2.25. The van der Waals surface area contributed by atoms with Crippen molar-refractivity contribution in [3.05, 3.63) is 28.2 Å². The van der Waals surface area contributed by atoms with Gasteiger partial charge in [-0.1, -0.05) is 23.2 Å². The van der Waals surface area contributed by atoms with Gasteiger partial charge in [0.05, 0.1) is 29.5 Å². The molecule has 2 rings (SSSR count). The molecule has 1 heterocycles. The second-order valence-corrected chi connectivity index (χ2v) is 5.88. The number of nitrogens with zero attached hydrogens (tertiary/aromatic N) is 1. The van der Waals surface area contributed by atoms with Crippen molar-refractivity contribution >= 4 is 34.8 Å². The first kappa shape index (κ1) is 15.4. The normalized spacial score (nSPS) is 22.7. The van der Waals surface area contributed by atoms with Gasteiger partial charge in [-0.2, -0.15) is 0 Å². The third kappa shape index (κ3) is 4.01. The van der Waals surface area contributed by atoms with Crippen LogP contribution in [-0.4, -0.2) is 42.6 Å². The van der Waals surface area contributed by atoms with Gasteiger partial charge in [0.1, 0.15) is 0 Å². The van der Waals surface area contributed by atoms with Crippen LogP contribution in [0.25, 0.3) is 0 Å². The predicted octanol–water partition coefficient (Wildman–Crippen LogP) is 3.04. The zero-order valence-corrected chi connectivity index (χ0v) is 13.0. The molecule has 1 fully saturated rings. The van der Waals surface area contributed by atoms with Crippen LogP contribution in [0, 0.1) is 0 Å². The van der Waals surface area contributed by atoms with Crippen LogP contribution in [0.4, 0.5) is 5.69 Å². The summed E-state index contributed by atoms with van der Waals surface area (Å²) in [5.74, 6) is 0.0398. The van der Waals surface area contributed by atoms with Crippen molar-refractivity contribution in [2.45, 2.75) is 26.1 Å². The largest absolute Gasteiger partial charge is 0.375 e. The predicted molar refractivity (Wildman–Crippen MR) is 81.5 cm³/mol. The Morgan fingerprint density at radius 2 is 2.00 bits per heavy atom. The number of carbonyl (C=O) groups excluding carboxylic acids is 1. The lowest BCUT2D eigenvalue weighted by Gasteiger charge is -2.35. The summed E-state index contributed by atoms with van der Waals surface area (Å²) in [6.45, 7) is 5.40.